The average molecular weight is 241 g/mol. The lowest BCUT2D eigenvalue weighted by Crippen LogP contribution is -2.32. The van der Waals surface area contributed by atoms with Gasteiger partial charge in [-0.05, 0) is 31.1 Å². The van der Waals surface area contributed by atoms with E-state index in [0.29, 0.717) is 12.3 Å². The molecule has 1 saturated carbocycles. The Hall–Kier alpha value is -0.570. The quantitative estimate of drug-likeness (QED) is 0.753. The second kappa shape index (κ2) is 7.00. The third kappa shape index (κ3) is 5.07. The van der Waals surface area contributed by atoms with Gasteiger partial charge in [-0.15, -0.1) is 0 Å². The van der Waals surface area contributed by atoms with Crippen LogP contribution in [0.1, 0.15) is 59.3 Å². The minimum absolute atomic E-state index is 0.0759. The van der Waals surface area contributed by atoms with E-state index in [-0.39, 0.29) is 18.1 Å². The molecule has 0 spiro atoms. The van der Waals surface area contributed by atoms with Crippen LogP contribution < -0.4 is 5.73 Å². The van der Waals surface area contributed by atoms with Crippen LogP contribution in [0.4, 0.5) is 0 Å². The summed E-state index contributed by atoms with van der Waals surface area (Å²) < 4.78 is 5.53. The summed E-state index contributed by atoms with van der Waals surface area (Å²) >= 11 is 0. The molecule has 3 atom stereocenters. The van der Waals surface area contributed by atoms with E-state index in [1.807, 2.05) is 13.8 Å². The lowest BCUT2D eigenvalue weighted by Gasteiger charge is -2.28. The second-order valence-electron chi connectivity index (χ2n) is 5.66. The van der Waals surface area contributed by atoms with Crippen LogP contribution in [0, 0.1) is 11.8 Å². The van der Waals surface area contributed by atoms with E-state index < -0.39 is 0 Å². The average Bonchev–Trinajstić information content (AvgIpc) is 2.28. The molecule has 0 aromatic rings. The van der Waals surface area contributed by atoms with Crippen molar-refractivity contribution in [3.05, 3.63) is 0 Å². The molecule has 3 nitrogen and oxygen atoms in total. The van der Waals surface area contributed by atoms with Crippen molar-refractivity contribution in [1.82, 2.24) is 0 Å². The molecular weight excluding hydrogens is 214 g/mol. The van der Waals surface area contributed by atoms with E-state index >= 15 is 0 Å². The van der Waals surface area contributed by atoms with Gasteiger partial charge in [0.15, 0.2) is 0 Å². The smallest absolute Gasteiger partial charge is 0.307 e. The van der Waals surface area contributed by atoms with Crippen molar-refractivity contribution in [1.29, 1.82) is 0 Å². The fourth-order valence-corrected chi connectivity index (χ4v) is 2.38. The van der Waals surface area contributed by atoms with Crippen LogP contribution in [-0.2, 0) is 9.53 Å². The van der Waals surface area contributed by atoms with Gasteiger partial charge in [0.25, 0.3) is 0 Å². The number of carbonyl (C=O) groups excluding carboxylic acids is 1. The van der Waals surface area contributed by atoms with Gasteiger partial charge >= 0.3 is 5.97 Å². The van der Waals surface area contributed by atoms with Gasteiger partial charge in [0.1, 0.15) is 6.10 Å². The van der Waals surface area contributed by atoms with Crippen molar-refractivity contribution in [2.24, 2.45) is 17.6 Å². The summed E-state index contributed by atoms with van der Waals surface area (Å²) in [5.41, 5.74) is 5.88. The molecule has 0 heterocycles. The number of rotatable bonds is 5. The van der Waals surface area contributed by atoms with Crippen molar-refractivity contribution >= 4 is 5.97 Å². The molecule has 2 N–H and O–H groups in total. The van der Waals surface area contributed by atoms with Gasteiger partial charge < -0.3 is 10.5 Å². The number of esters is 1. The first-order valence-electron chi connectivity index (χ1n) is 6.98. The Labute approximate surface area is 105 Å². The molecule has 0 saturated heterocycles. The van der Waals surface area contributed by atoms with Crippen LogP contribution in [0.5, 0.6) is 0 Å². The van der Waals surface area contributed by atoms with Gasteiger partial charge in [0, 0.05) is 6.04 Å². The molecule has 17 heavy (non-hydrogen) atoms. The lowest BCUT2D eigenvalue weighted by molar-refractivity contribution is -0.152. The van der Waals surface area contributed by atoms with Crippen molar-refractivity contribution < 1.29 is 9.53 Å². The molecule has 1 rings (SSSR count). The summed E-state index contributed by atoms with van der Waals surface area (Å²) in [5, 5.41) is 0. The molecule has 100 valence electrons. The van der Waals surface area contributed by atoms with Crippen LogP contribution in [0.2, 0.25) is 0 Å². The maximum atomic E-state index is 11.7. The van der Waals surface area contributed by atoms with Crippen molar-refractivity contribution in [2.45, 2.75) is 71.4 Å². The fraction of sp³-hybridized carbons (Fsp3) is 0.929. The third-order valence-corrected chi connectivity index (χ3v) is 3.87. The van der Waals surface area contributed by atoms with Gasteiger partial charge in [0.05, 0.1) is 6.42 Å². The highest BCUT2D eigenvalue weighted by Gasteiger charge is 2.24. The van der Waals surface area contributed by atoms with E-state index in [0.717, 1.165) is 18.8 Å². The predicted molar refractivity (Wildman–Crippen MR) is 69.6 cm³/mol. The van der Waals surface area contributed by atoms with Gasteiger partial charge in [-0.1, -0.05) is 33.6 Å². The van der Waals surface area contributed by atoms with Gasteiger partial charge in [0.2, 0.25) is 0 Å². The molecule has 1 aliphatic rings. The Bertz CT molecular complexity index is 240. The Morgan fingerprint density at radius 1 is 1.41 bits per heavy atom. The normalized spacial score (nSPS) is 26.9. The molecule has 3 unspecified atom stereocenters. The molecule has 3 heteroatoms. The molecular formula is C14H27NO2. The highest BCUT2D eigenvalue weighted by Crippen LogP contribution is 2.28. The molecule has 0 amide bonds. The van der Waals surface area contributed by atoms with E-state index in [4.69, 9.17) is 10.5 Å². The first-order chi connectivity index (χ1) is 8.02. The van der Waals surface area contributed by atoms with Crippen LogP contribution >= 0.6 is 0 Å². The minimum atomic E-state index is -0.118. The Morgan fingerprint density at radius 2 is 2.12 bits per heavy atom. The van der Waals surface area contributed by atoms with Crippen LogP contribution in [0.15, 0.2) is 0 Å². The summed E-state index contributed by atoms with van der Waals surface area (Å²) in [6.45, 7) is 6.28. The molecule has 0 aromatic carbocycles. The second-order valence-corrected chi connectivity index (χ2v) is 5.66. The summed E-state index contributed by atoms with van der Waals surface area (Å²) in [4.78, 5) is 11.7. The van der Waals surface area contributed by atoms with E-state index in [2.05, 4.69) is 6.92 Å². The largest absolute Gasteiger partial charge is 0.462 e. The highest BCUT2D eigenvalue weighted by atomic mass is 16.5. The van der Waals surface area contributed by atoms with Crippen LogP contribution in [-0.4, -0.2) is 18.1 Å². The summed E-state index contributed by atoms with van der Waals surface area (Å²) in [7, 11) is 0. The number of carbonyl (C=O) groups is 1. The molecule has 1 fully saturated rings. The topological polar surface area (TPSA) is 52.3 Å². The van der Waals surface area contributed by atoms with Crippen LogP contribution in [0.3, 0.4) is 0 Å². The predicted octanol–water partition coefficient (Wildman–Crippen LogP) is 2.87. The zero-order valence-corrected chi connectivity index (χ0v) is 11.4. The molecule has 0 bridgehead atoms. The van der Waals surface area contributed by atoms with Crippen molar-refractivity contribution in [3.63, 3.8) is 0 Å². The number of ether oxygens (including phenoxy) is 1. The summed E-state index contributed by atoms with van der Waals surface area (Å²) in [5.74, 6) is 0.950. The maximum absolute atomic E-state index is 11.7. The van der Waals surface area contributed by atoms with Crippen molar-refractivity contribution in [3.8, 4) is 0 Å². The fourth-order valence-electron chi connectivity index (χ4n) is 2.38. The SMILES string of the molecule is CCC1CCCC(OC(=O)CC(N)C(C)C)C1. The maximum Gasteiger partial charge on any atom is 0.307 e. The summed E-state index contributed by atoms with van der Waals surface area (Å²) in [6, 6.07) is -0.0759. The number of hydrogen-bond acceptors (Lipinski definition) is 3. The molecule has 0 aromatic heterocycles. The van der Waals surface area contributed by atoms with Crippen molar-refractivity contribution in [2.75, 3.05) is 0 Å². The third-order valence-electron chi connectivity index (χ3n) is 3.87. The highest BCUT2D eigenvalue weighted by molar-refractivity contribution is 5.70. The van der Waals surface area contributed by atoms with E-state index in [9.17, 15) is 4.79 Å². The first-order valence-corrected chi connectivity index (χ1v) is 6.98. The Balaban J connectivity index is 2.30. The number of hydrogen-bond donors (Lipinski definition) is 1. The monoisotopic (exact) mass is 241 g/mol. The van der Waals surface area contributed by atoms with Crippen LogP contribution in [0.25, 0.3) is 0 Å². The van der Waals surface area contributed by atoms with Gasteiger partial charge in [-0.2, -0.15) is 0 Å². The lowest BCUT2D eigenvalue weighted by atomic mass is 9.85. The first kappa shape index (κ1) is 14.5. The molecule has 1 aliphatic carbocycles. The minimum Gasteiger partial charge on any atom is -0.462 e. The zero-order valence-electron chi connectivity index (χ0n) is 11.4. The Kier molecular flexibility index (Phi) is 5.96. The summed E-state index contributed by atoms with van der Waals surface area (Å²) in [6.07, 6.45) is 6.23. The number of nitrogens with two attached hydrogens (primary N) is 1. The standard InChI is InChI=1S/C14H27NO2/c1-4-11-6-5-7-12(8-11)17-14(16)9-13(15)10(2)3/h10-13H,4-9,15H2,1-3H3. The van der Waals surface area contributed by atoms with Gasteiger partial charge in [-0.25, -0.2) is 0 Å². The molecule has 0 aliphatic heterocycles. The zero-order chi connectivity index (χ0) is 12.8. The van der Waals surface area contributed by atoms with Gasteiger partial charge in [-0.3, -0.25) is 4.79 Å². The van der Waals surface area contributed by atoms with E-state index in [1.165, 1.54) is 19.3 Å². The molecule has 0 radical (unpaired) electrons. The van der Waals surface area contributed by atoms with E-state index in [1.54, 1.807) is 0 Å². The Morgan fingerprint density at radius 3 is 2.71 bits per heavy atom.